The van der Waals surface area contributed by atoms with E-state index in [1.807, 2.05) is 17.0 Å². The van der Waals surface area contributed by atoms with E-state index < -0.39 is 5.91 Å². The van der Waals surface area contributed by atoms with Crippen LogP contribution in [0.3, 0.4) is 0 Å². The molecule has 2 amide bonds. The Balaban J connectivity index is 1.22. The number of rotatable bonds is 3. The van der Waals surface area contributed by atoms with Crippen LogP contribution in [0.5, 0.6) is 0 Å². The van der Waals surface area contributed by atoms with Gasteiger partial charge in [0.15, 0.2) is 0 Å². The van der Waals surface area contributed by atoms with E-state index in [9.17, 15) is 9.59 Å². The van der Waals surface area contributed by atoms with Gasteiger partial charge in [-0.15, -0.1) is 0 Å². The third kappa shape index (κ3) is 2.96. The van der Waals surface area contributed by atoms with E-state index in [-0.39, 0.29) is 11.9 Å². The van der Waals surface area contributed by atoms with Crippen LogP contribution in [0.1, 0.15) is 77.6 Å². The molecule has 0 aromatic heterocycles. The molecule has 4 aliphatic rings. The fraction of sp³-hybridized carbons (Fsp3) is 0.636. The molecule has 5 rings (SSSR count). The van der Waals surface area contributed by atoms with Crippen molar-refractivity contribution < 1.29 is 9.59 Å². The molecule has 0 bridgehead atoms. The summed E-state index contributed by atoms with van der Waals surface area (Å²) in [6.45, 7) is 2.79. The Kier molecular flexibility index (Phi) is 4.04. The highest BCUT2D eigenvalue weighted by atomic mass is 16.2. The van der Waals surface area contributed by atoms with Gasteiger partial charge in [-0.25, -0.2) is 0 Å². The number of nitrogens with two attached hydrogens (primary N) is 1. The van der Waals surface area contributed by atoms with Crippen molar-refractivity contribution in [2.45, 2.75) is 70.0 Å². The molecule has 3 fully saturated rings. The van der Waals surface area contributed by atoms with Crippen LogP contribution in [0.15, 0.2) is 18.2 Å². The summed E-state index contributed by atoms with van der Waals surface area (Å²) in [4.78, 5) is 29.3. The molecule has 1 aromatic carbocycles. The predicted octanol–water partition coefficient (Wildman–Crippen LogP) is 2.93. The van der Waals surface area contributed by atoms with Crippen molar-refractivity contribution in [1.82, 2.24) is 9.80 Å². The van der Waals surface area contributed by atoms with Gasteiger partial charge in [-0.2, -0.15) is 0 Å². The zero-order valence-electron chi connectivity index (χ0n) is 16.0. The fourth-order valence-electron chi connectivity index (χ4n) is 5.70. The molecule has 0 unspecified atom stereocenters. The Bertz CT molecular complexity index is 768. The van der Waals surface area contributed by atoms with Gasteiger partial charge in [0, 0.05) is 31.7 Å². The third-order valence-electron chi connectivity index (χ3n) is 7.66. The van der Waals surface area contributed by atoms with Crippen molar-refractivity contribution in [3.05, 3.63) is 34.9 Å². The zero-order valence-corrected chi connectivity index (χ0v) is 16.0. The van der Waals surface area contributed by atoms with Crippen molar-refractivity contribution >= 4 is 11.8 Å². The normalized spacial score (nSPS) is 25.8. The first kappa shape index (κ1) is 17.2. The Morgan fingerprint density at radius 2 is 1.70 bits per heavy atom. The topological polar surface area (TPSA) is 66.6 Å². The monoisotopic (exact) mass is 367 g/mol. The van der Waals surface area contributed by atoms with Gasteiger partial charge in [-0.1, -0.05) is 12.1 Å². The van der Waals surface area contributed by atoms with Crippen LogP contribution in [0.2, 0.25) is 0 Å². The van der Waals surface area contributed by atoms with Crippen LogP contribution in [0.4, 0.5) is 0 Å². The molecule has 2 aliphatic carbocycles. The average Bonchev–Trinajstić information content (AvgIpc) is 3.36. The Hall–Kier alpha value is -1.88. The zero-order chi connectivity index (χ0) is 18.6. The first-order valence-corrected chi connectivity index (χ1v) is 10.5. The maximum absolute atomic E-state index is 13.0. The van der Waals surface area contributed by atoms with Gasteiger partial charge in [0.05, 0.1) is 11.1 Å². The summed E-state index contributed by atoms with van der Waals surface area (Å²) in [6, 6.07) is 6.48. The quantitative estimate of drug-likeness (QED) is 0.893. The summed E-state index contributed by atoms with van der Waals surface area (Å²) in [6.07, 6.45) is 10.6. The number of primary amides is 1. The first-order chi connectivity index (χ1) is 13.1. The Morgan fingerprint density at radius 1 is 1.00 bits per heavy atom. The Morgan fingerprint density at radius 3 is 2.33 bits per heavy atom. The van der Waals surface area contributed by atoms with Crippen molar-refractivity contribution in [2.24, 2.45) is 11.1 Å². The van der Waals surface area contributed by atoms with Gasteiger partial charge in [0.1, 0.15) is 0 Å². The molecule has 5 nitrogen and oxygen atoms in total. The molecule has 1 aromatic rings. The Labute approximate surface area is 160 Å². The SMILES string of the molecule is NC(=O)c1cccc2c1C(=O)N(C1CCN(C3CCC4(CC3)CC4)CC1)C2. The standard InChI is InChI=1S/C22H29N3O2/c23-20(26)18-3-1-2-15-14-25(21(27)19(15)18)17-6-12-24(13-7-17)16-4-8-22(9-5-16)10-11-22/h1-3,16-17H,4-14H2,(H2,23,26). The first-order valence-electron chi connectivity index (χ1n) is 10.5. The van der Waals surface area contributed by atoms with Gasteiger partial charge in [-0.3, -0.25) is 9.59 Å². The molecule has 0 atom stereocenters. The molecule has 2 aliphatic heterocycles. The van der Waals surface area contributed by atoms with E-state index in [0.717, 1.165) is 43.0 Å². The van der Waals surface area contributed by atoms with E-state index in [0.29, 0.717) is 17.7 Å². The lowest BCUT2D eigenvalue weighted by Crippen LogP contribution is -2.49. The third-order valence-corrected chi connectivity index (χ3v) is 7.66. The van der Waals surface area contributed by atoms with Crippen LogP contribution < -0.4 is 5.73 Å². The summed E-state index contributed by atoms with van der Waals surface area (Å²) in [5.74, 6) is -0.520. The highest BCUT2D eigenvalue weighted by Gasteiger charge is 2.46. The van der Waals surface area contributed by atoms with Gasteiger partial charge >= 0.3 is 0 Å². The van der Waals surface area contributed by atoms with E-state index in [2.05, 4.69) is 4.90 Å². The minimum Gasteiger partial charge on any atom is -0.366 e. The van der Waals surface area contributed by atoms with E-state index in [4.69, 9.17) is 5.73 Å². The van der Waals surface area contributed by atoms with Gasteiger partial charge in [-0.05, 0) is 68.4 Å². The number of benzene rings is 1. The number of piperidine rings is 1. The van der Waals surface area contributed by atoms with Crippen molar-refractivity contribution in [3.8, 4) is 0 Å². The molecule has 144 valence electrons. The number of carbonyl (C=O) groups is 2. The van der Waals surface area contributed by atoms with Crippen molar-refractivity contribution in [1.29, 1.82) is 0 Å². The molecule has 0 radical (unpaired) electrons. The fourth-order valence-corrected chi connectivity index (χ4v) is 5.70. The molecular formula is C22H29N3O2. The van der Waals surface area contributed by atoms with E-state index in [1.54, 1.807) is 6.07 Å². The smallest absolute Gasteiger partial charge is 0.255 e. The molecule has 1 saturated heterocycles. The maximum Gasteiger partial charge on any atom is 0.255 e. The molecule has 27 heavy (non-hydrogen) atoms. The summed E-state index contributed by atoms with van der Waals surface area (Å²) < 4.78 is 0. The molecule has 2 heterocycles. The molecule has 1 spiro atoms. The molecule has 5 heteroatoms. The summed E-state index contributed by atoms with van der Waals surface area (Å²) in [5, 5.41) is 0. The van der Waals surface area contributed by atoms with Crippen LogP contribution in [0, 0.1) is 5.41 Å². The molecule has 2 N–H and O–H groups in total. The number of likely N-dealkylation sites (tertiary alicyclic amines) is 1. The number of hydrogen-bond acceptors (Lipinski definition) is 3. The van der Waals surface area contributed by atoms with Crippen LogP contribution in [-0.4, -0.2) is 46.8 Å². The lowest BCUT2D eigenvalue weighted by atomic mass is 9.82. The summed E-state index contributed by atoms with van der Waals surface area (Å²) in [7, 11) is 0. The molecular weight excluding hydrogens is 338 g/mol. The van der Waals surface area contributed by atoms with Gasteiger partial charge in [0.25, 0.3) is 5.91 Å². The number of amides is 2. The van der Waals surface area contributed by atoms with Crippen molar-refractivity contribution in [2.75, 3.05) is 13.1 Å². The van der Waals surface area contributed by atoms with E-state index >= 15 is 0 Å². The van der Waals surface area contributed by atoms with Crippen LogP contribution in [0.25, 0.3) is 0 Å². The van der Waals surface area contributed by atoms with Gasteiger partial charge < -0.3 is 15.5 Å². The lowest BCUT2D eigenvalue weighted by molar-refractivity contribution is 0.0473. The number of nitrogens with zero attached hydrogens (tertiary/aromatic N) is 2. The van der Waals surface area contributed by atoms with Crippen molar-refractivity contribution in [3.63, 3.8) is 0 Å². The number of carbonyl (C=O) groups excluding carboxylic acids is 2. The predicted molar refractivity (Wildman–Crippen MR) is 103 cm³/mol. The highest BCUT2D eigenvalue weighted by Crippen LogP contribution is 2.56. The average molecular weight is 367 g/mol. The van der Waals surface area contributed by atoms with E-state index in [1.165, 1.54) is 38.5 Å². The second-order valence-electron chi connectivity index (χ2n) is 9.14. The molecule has 2 saturated carbocycles. The second-order valence-corrected chi connectivity index (χ2v) is 9.14. The second kappa shape index (κ2) is 6.33. The van der Waals surface area contributed by atoms with Crippen LogP contribution in [-0.2, 0) is 6.54 Å². The maximum atomic E-state index is 13.0. The highest BCUT2D eigenvalue weighted by molar-refractivity contribution is 6.09. The van der Waals surface area contributed by atoms with Gasteiger partial charge in [0.2, 0.25) is 5.91 Å². The largest absolute Gasteiger partial charge is 0.366 e. The van der Waals surface area contributed by atoms with Crippen LogP contribution >= 0.6 is 0 Å². The minimum atomic E-state index is -0.511. The number of fused-ring (bicyclic) bond motifs is 1. The minimum absolute atomic E-state index is 0.00816. The summed E-state index contributed by atoms with van der Waals surface area (Å²) >= 11 is 0. The lowest BCUT2D eigenvalue weighted by Gasteiger charge is -2.42. The summed E-state index contributed by atoms with van der Waals surface area (Å²) in [5.41, 5.74) is 8.08. The number of hydrogen-bond donors (Lipinski definition) is 1.